The van der Waals surface area contributed by atoms with E-state index in [0.29, 0.717) is 11.0 Å². The van der Waals surface area contributed by atoms with Crippen molar-refractivity contribution >= 4 is 39.3 Å². The van der Waals surface area contributed by atoms with Gasteiger partial charge in [0.25, 0.3) is 0 Å². The molecule has 18 heavy (non-hydrogen) atoms. The minimum atomic E-state index is 0.449. The van der Waals surface area contributed by atoms with E-state index in [0.717, 1.165) is 21.5 Å². The molecule has 94 valence electrons. The predicted octanol–water partition coefficient (Wildman–Crippen LogP) is 4.98. The Morgan fingerprint density at radius 1 is 1.22 bits per heavy atom. The van der Waals surface area contributed by atoms with Crippen molar-refractivity contribution in [3.63, 3.8) is 0 Å². The van der Waals surface area contributed by atoms with Crippen LogP contribution in [0.25, 0.3) is 11.4 Å². The summed E-state index contributed by atoms with van der Waals surface area (Å²) in [5.74, 6) is 1.73. The van der Waals surface area contributed by atoms with E-state index < -0.39 is 0 Å². The van der Waals surface area contributed by atoms with E-state index in [1.165, 1.54) is 4.90 Å². The quantitative estimate of drug-likeness (QED) is 0.580. The fourth-order valence-electron chi connectivity index (χ4n) is 1.52. The summed E-state index contributed by atoms with van der Waals surface area (Å²) >= 11 is 11.2. The lowest BCUT2D eigenvalue weighted by Gasteiger charge is -2.05. The van der Waals surface area contributed by atoms with Crippen molar-refractivity contribution in [2.75, 3.05) is 5.75 Å². The van der Waals surface area contributed by atoms with Crippen molar-refractivity contribution in [3.8, 4) is 11.4 Å². The van der Waals surface area contributed by atoms with Gasteiger partial charge in [-0.05, 0) is 40.7 Å². The van der Waals surface area contributed by atoms with Crippen LogP contribution in [0.1, 0.15) is 12.6 Å². The SMILES string of the molecule is CCSc1ccc(-c2nc(C)c(Br)c(Cl)n2)cc1. The summed E-state index contributed by atoms with van der Waals surface area (Å²) in [6.45, 7) is 4.04. The normalized spacial score (nSPS) is 10.7. The van der Waals surface area contributed by atoms with Gasteiger partial charge in [0.05, 0.1) is 10.2 Å². The Bertz CT molecular complexity index is 534. The van der Waals surface area contributed by atoms with E-state index >= 15 is 0 Å². The molecule has 1 heterocycles. The largest absolute Gasteiger partial charge is 0.232 e. The predicted molar refractivity (Wildman–Crippen MR) is 81.3 cm³/mol. The second-order valence-electron chi connectivity index (χ2n) is 3.69. The third kappa shape index (κ3) is 3.05. The first-order valence-electron chi connectivity index (χ1n) is 5.54. The molecule has 0 amide bonds. The number of hydrogen-bond acceptors (Lipinski definition) is 3. The van der Waals surface area contributed by atoms with E-state index in [1.807, 2.05) is 30.8 Å². The van der Waals surface area contributed by atoms with Gasteiger partial charge in [0.1, 0.15) is 5.15 Å². The molecular weight excluding hydrogens is 332 g/mol. The van der Waals surface area contributed by atoms with Crippen LogP contribution in [-0.2, 0) is 0 Å². The Balaban J connectivity index is 2.36. The van der Waals surface area contributed by atoms with Crippen molar-refractivity contribution in [2.45, 2.75) is 18.7 Å². The van der Waals surface area contributed by atoms with E-state index in [1.54, 1.807) is 0 Å². The van der Waals surface area contributed by atoms with Gasteiger partial charge in [-0.15, -0.1) is 11.8 Å². The van der Waals surface area contributed by atoms with E-state index in [9.17, 15) is 0 Å². The van der Waals surface area contributed by atoms with Crippen molar-refractivity contribution in [1.82, 2.24) is 9.97 Å². The van der Waals surface area contributed by atoms with Crippen LogP contribution in [0.4, 0.5) is 0 Å². The first kappa shape index (κ1) is 13.8. The Hall–Kier alpha value is -0.580. The number of halogens is 2. The summed E-state index contributed by atoms with van der Waals surface area (Å²) in [7, 11) is 0. The van der Waals surface area contributed by atoms with Gasteiger partial charge in [-0.1, -0.05) is 30.7 Å². The maximum atomic E-state index is 6.05. The first-order valence-corrected chi connectivity index (χ1v) is 7.70. The third-order valence-electron chi connectivity index (χ3n) is 2.40. The maximum Gasteiger partial charge on any atom is 0.161 e. The lowest BCUT2D eigenvalue weighted by Crippen LogP contribution is -1.94. The van der Waals surface area contributed by atoms with E-state index in [2.05, 4.69) is 45.0 Å². The maximum absolute atomic E-state index is 6.05. The number of benzene rings is 1. The summed E-state index contributed by atoms with van der Waals surface area (Å²) in [6, 6.07) is 8.21. The number of nitrogens with zero attached hydrogens (tertiary/aromatic N) is 2. The Morgan fingerprint density at radius 3 is 2.44 bits per heavy atom. The van der Waals surface area contributed by atoms with Gasteiger partial charge in [-0.25, -0.2) is 9.97 Å². The molecule has 0 N–H and O–H groups in total. The molecule has 1 aromatic carbocycles. The number of rotatable bonds is 3. The molecule has 0 fully saturated rings. The number of thioether (sulfide) groups is 1. The van der Waals surface area contributed by atoms with Crippen molar-refractivity contribution < 1.29 is 0 Å². The zero-order valence-corrected chi connectivity index (χ0v) is 13.2. The van der Waals surface area contributed by atoms with Gasteiger partial charge in [-0.3, -0.25) is 0 Å². The lowest BCUT2D eigenvalue weighted by atomic mass is 10.2. The van der Waals surface area contributed by atoms with Crippen molar-refractivity contribution in [3.05, 3.63) is 39.6 Å². The van der Waals surface area contributed by atoms with Crippen LogP contribution in [0.15, 0.2) is 33.6 Å². The van der Waals surface area contributed by atoms with E-state index in [-0.39, 0.29) is 0 Å². The number of aryl methyl sites for hydroxylation is 1. The highest BCUT2D eigenvalue weighted by Gasteiger charge is 2.09. The summed E-state index contributed by atoms with van der Waals surface area (Å²) in [6.07, 6.45) is 0. The highest BCUT2D eigenvalue weighted by molar-refractivity contribution is 9.10. The molecule has 5 heteroatoms. The average Bonchev–Trinajstić information content (AvgIpc) is 2.37. The van der Waals surface area contributed by atoms with Crippen LogP contribution >= 0.6 is 39.3 Å². The lowest BCUT2D eigenvalue weighted by molar-refractivity contribution is 1.09. The molecule has 0 aliphatic heterocycles. The molecule has 0 unspecified atom stereocenters. The van der Waals surface area contributed by atoms with E-state index in [4.69, 9.17) is 11.6 Å². The molecule has 0 radical (unpaired) electrons. The summed E-state index contributed by atoms with van der Waals surface area (Å²) in [5, 5.41) is 0.449. The minimum Gasteiger partial charge on any atom is -0.232 e. The Morgan fingerprint density at radius 2 is 1.89 bits per heavy atom. The summed E-state index contributed by atoms with van der Waals surface area (Å²) in [4.78, 5) is 9.96. The zero-order valence-electron chi connectivity index (χ0n) is 10.1. The summed E-state index contributed by atoms with van der Waals surface area (Å²) < 4.78 is 0.756. The van der Waals surface area contributed by atoms with Gasteiger partial charge < -0.3 is 0 Å². The third-order valence-corrected chi connectivity index (χ3v) is 4.75. The molecule has 2 nitrogen and oxygen atoms in total. The van der Waals surface area contributed by atoms with Gasteiger partial charge in [0.15, 0.2) is 5.82 Å². The molecule has 0 aliphatic carbocycles. The fraction of sp³-hybridized carbons (Fsp3) is 0.231. The zero-order chi connectivity index (χ0) is 13.1. The monoisotopic (exact) mass is 342 g/mol. The molecule has 0 bridgehead atoms. The molecule has 0 spiro atoms. The Labute approximate surface area is 124 Å². The van der Waals surface area contributed by atoms with Crippen molar-refractivity contribution in [1.29, 1.82) is 0 Å². The molecule has 2 aromatic rings. The second-order valence-corrected chi connectivity index (χ2v) is 6.18. The van der Waals surface area contributed by atoms with Gasteiger partial charge in [0.2, 0.25) is 0 Å². The Kier molecular flexibility index (Phi) is 4.65. The second kappa shape index (κ2) is 6.04. The molecule has 0 atom stereocenters. The van der Waals surface area contributed by atoms with Crippen LogP contribution in [0.3, 0.4) is 0 Å². The standard InChI is InChI=1S/C13H12BrClN2S/c1-3-18-10-6-4-9(5-7-10)13-16-8(2)11(14)12(15)17-13/h4-7H,3H2,1-2H3. The fourth-order valence-corrected chi connectivity index (χ4v) is 2.58. The van der Waals surface area contributed by atoms with Crippen LogP contribution in [-0.4, -0.2) is 15.7 Å². The van der Waals surface area contributed by atoms with Crippen LogP contribution in [0, 0.1) is 6.92 Å². The molecule has 2 rings (SSSR count). The minimum absolute atomic E-state index is 0.449. The average molecular weight is 344 g/mol. The van der Waals surface area contributed by atoms with Gasteiger partial charge in [-0.2, -0.15) is 0 Å². The number of hydrogen-bond donors (Lipinski definition) is 0. The molecule has 0 aliphatic rings. The molecule has 1 aromatic heterocycles. The highest BCUT2D eigenvalue weighted by atomic mass is 79.9. The van der Waals surface area contributed by atoms with Gasteiger partial charge in [0, 0.05) is 10.5 Å². The topological polar surface area (TPSA) is 25.8 Å². The van der Waals surface area contributed by atoms with Crippen LogP contribution in [0.2, 0.25) is 5.15 Å². The first-order chi connectivity index (χ1) is 8.61. The molecular formula is C13H12BrClN2S. The van der Waals surface area contributed by atoms with Crippen molar-refractivity contribution in [2.24, 2.45) is 0 Å². The highest BCUT2D eigenvalue weighted by Crippen LogP contribution is 2.27. The van der Waals surface area contributed by atoms with Crippen LogP contribution < -0.4 is 0 Å². The summed E-state index contributed by atoms with van der Waals surface area (Å²) in [5.41, 5.74) is 1.82. The molecule has 0 saturated carbocycles. The number of aromatic nitrogens is 2. The smallest absolute Gasteiger partial charge is 0.161 e. The van der Waals surface area contributed by atoms with Gasteiger partial charge >= 0.3 is 0 Å². The molecule has 0 saturated heterocycles. The van der Waals surface area contributed by atoms with Crippen LogP contribution in [0.5, 0.6) is 0 Å².